The van der Waals surface area contributed by atoms with Crippen molar-refractivity contribution >= 4 is 58.2 Å². The Labute approximate surface area is 162 Å². The van der Waals surface area contributed by atoms with Gasteiger partial charge in [-0.25, -0.2) is 0 Å². The summed E-state index contributed by atoms with van der Waals surface area (Å²) >= 11 is 18.5. The van der Waals surface area contributed by atoms with Gasteiger partial charge in [0.1, 0.15) is 0 Å². The maximum atomic E-state index is 12.6. The molecule has 1 aliphatic heterocycles. The van der Waals surface area contributed by atoms with E-state index in [0.29, 0.717) is 11.6 Å². The number of nitrogens with one attached hydrogen (secondary N) is 1. The van der Waals surface area contributed by atoms with E-state index in [9.17, 15) is 4.79 Å². The normalized spacial score (nSPS) is 21.7. The average molecular weight is 398 g/mol. The van der Waals surface area contributed by atoms with E-state index < -0.39 is 10.4 Å². The quantitative estimate of drug-likeness (QED) is 0.703. The summed E-state index contributed by atoms with van der Waals surface area (Å²) in [5.74, 6) is 0.199. The number of anilines is 1. The van der Waals surface area contributed by atoms with Crippen LogP contribution < -0.4 is 5.32 Å². The molecule has 0 aromatic heterocycles. The summed E-state index contributed by atoms with van der Waals surface area (Å²) in [6.07, 6.45) is 7.82. The second-order valence-electron chi connectivity index (χ2n) is 6.31. The van der Waals surface area contributed by atoms with Crippen LogP contribution in [0.15, 0.2) is 40.9 Å². The number of alkyl halides is 3. The summed E-state index contributed by atoms with van der Waals surface area (Å²) in [6.45, 7) is 2.09. The third-order valence-electron chi connectivity index (χ3n) is 4.65. The molecule has 1 aliphatic carbocycles. The van der Waals surface area contributed by atoms with Crippen LogP contribution in [0.5, 0.6) is 0 Å². The second-order valence-corrected chi connectivity index (χ2v) is 8.02. The average Bonchev–Trinajstić information content (AvgIpc) is 2.73. The number of nitrogens with zero attached hydrogens (tertiary/aromatic N) is 1. The van der Waals surface area contributed by atoms with Crippen LogP contribution in [0.2, 0.25) is 0 Å². The highest BCUT2D eigenvalue weighted by Gasteiger charge is 2.38. The topological polar surface area (TPSA) is 41.5 Å². The summed E-state index contributed by atoms with van der Waals surface area (Å²) in [5.41, 5.74) is 5.57. The monoisotopic (exact) mass is 396 g/mol. The molecule has 132 valence electrons. The minimum atomic E-state index is -1.34. The molecular formula is C19H19Cl3N2O. The highest BCUT2D eigenvalue weighted by Crippen LogP contribution is 2.34. The van der Waals surface area contributed by atoms with E-state index in [-0.39, 0.29) is 5.91 Å². The van der Waals surface area contributed by atoms with Crippen LogP contribution in [-0.2, 0) is 11.2 Å². The van der Waals surface area contributed by atoms with Gasteiger partial charge in [0.05, 0.1) is 0 Å². The van der Waals surface area contributed by atoms with Crippen molar-refractivity contribution in [2.45, 2.75) is 36.6 Å². The van der Waals surface area contributed by atoms with Crippen LogP contribution in [-0.4, -0.2) is 28.4 Å². The number of hydrogen-bond acceptors (Lipinski definition) is 2. The SMILES string of the molecule is CC1=C(CCl)CCCc2ccc(NC(=O)C3N=CC=CC3(Cl)Cl)cc21. The molecule has 2 aliphatic rings. The molecule has 1 atom stereocenters. The van der Waals surface area contributed by atoms with Gasteiger partial charge >= 0.3 is 0 Å². The highest BCUT2D eigenvalue weighted by molar-refractivity contribution is 6.52. The zero-order valence-electron chi connectivity index (χ0n) is 13.9. The lowest BCUT2D eigenvalue weighted by Gasteiger charge is -2.25. The van der Waals surface area contributed by atoms with Crippen LogP contribution in [0.3, 0.4) is 0 Å². The molecule has 6 heteroatoms. The van der Waals surface area contributed by atoms with Crippen LogP contribution in [0, 0.1) is 0 Å². The third kappa shape index (κ3) is 3.94. The number of rotatable bonds is 3. The van der Waals surface area contributed by atoms with Crippen molar-refractivity contribution in [2.75, 3.05) is 11.2 Å². The van der Waals surface area contributed by atoms with E-state index in [4.69, 9.17) is 34.8 Å². The van der Waals surface area contributed by atoms with Crippen molar-refractivity contribution in [3.63, 3.8) is 0 Å². The number of dihydropyridines is 1. The van der Waals surface area contributed by atoms with E-state index >= 15 is 0 Å². The second kappa shape index (κ2) is 7.53. The number of aryl methyl sites for hydroxylation is 1. The standard InChI is InChI=1S/C19H19Cl3N2O/c1-12-14(11-20)5-2-4-13-6-7-15(10-16(12)13)24-18(25)17-19(21,22)8-3-9-23-17/h3,6-10,17H,2,4-5,11H2,1H3,(H,24,25). The first kappa shape index (κ1) is 18.5. The molecule has 0 saturated carbocycles. The fraction of sp³-hybridized carbons (Fsp3) is 0.368. The maximum absolute atomic E-state index is 12.6. The summed E-state index contributed by atoms with van der Waals surface area (Å²) < 4.78 is -1.34. The minimum absolute atomic E-state index is 0.335. The summed E-state index contributed by atoms with van der Waals surface area (Å²) in [7, 11) is 0. The fourth-order valence-corrected chi connectivity index (χ4v) is 4.00. The summed E-state index contributed by atoms with van der Waals surface area (Å²) in [5, 5.41) is 2.88. The number of aliphatic imine (C=N–C) groups is 1. The van der Waals surface area contributed by atoms with Crippen molar-refractivity contribution in [1.29, 1.82) is 0 Å². The first-order valence-corrected chi connectivity index (χ1v) is 9.49. The first-order chi connectivity index (χ1) is 11.9. The van der Waals surface area contributed by atoms with Gasteiger partial charge in [-0.2, -0.15) is 0 Å². The molecule has 1 amide bonds. The van der Waals surface area contributed by atoms with Crippen LogP contribution in [0.25, 0.3) is 5.57 Å². The lowest BCUT2D eigenvalue weighted by atomic mass is 9.97. The first-order valence-electron chi connectivity index (χ1n) is 8.20. The molecule has 1 aromatic carbocycles. The van der Waals surface area contributed by atoms with Crippen LogP contribution in [0.4, 0.5) is 5.69 Å². The Morgan fingerprint density at radius 1 is 1.36 bits per heavy atom. The van der Waals surface area contributed by atoms with Gasteiger partial charge < -0.3 is 5.32 Å². The molecule has 0 saturated heterocycles. The Morgan fingerprint density at radius 3 is 2.88 bits per heavy atom. The van der Waals surface area contributed by atoms with Crippen molar-refractivity contribution in [2.24, 2.45) is 4.99 Å². The van der Waals surface area contributed by atoms with Crippen molar-refractivity contribution < 1.29 is 4.79 Å². The van der Waals surface area contributed by atoms with Gasteiger partial charge in [0.2, 0.25) is 0 Å². The number of halogens is 3. The number of amides is 1. The van der Waals surface area contributed by atoms with E-state index in [2.05, 4.69) is 23.3 Å². The van der Waals surface area contributed by atoms with Crippen molar-refractivity contribution in [1.82, 2.24) is 0 Å². The van der Waals surface area contributed by atoms with E-state index in [1.54, 1.807) is 12.2 Å². The molecule has 1 N–H and O–H groups in total. The number of fused-ring (bicyclic) bond motifs is 1. The van der Waals surface area contributed by atoms with Gasteiger partial charge in [-0.1, -0.05) is 34.8 Å². The Hall–Kier alpha value is -1.29. The molecule has 25 heavy (non-hydrogen) atoms. The van der Waals surface area contributed by atoms with Gasteiger partial charge in [-0.05, 0) is 67.2 Å². The zero-order chi connectivity index (χ0) is 18.0. The number of carbonyl (C=O) groups is 1. The predicted octanol–water partition coefficient (Wildman–Crippen LogP) is 5.16. The Morgan fingerprint density at radius 2 is 2.16 bits per heavy atom. The largest absolute Gasteiger partial charge is 0.324 e. The molecule has 3 rings (SSSR count). The van der Waals surface area contributed by atoms with Crippen LogP contribution in [0.1, 0.15) is 30.9 Å². The van der Waals surface area contributed by atoms with E-state index in [0.717, 1.165) is 24.8 Å². The number of benzene rings is 1. The number of carbonyl (C=O) groups excluding carboxylic acids is 1. The van der Waals surface area contributed by atoms with Crippen molar-refractivity contribution in [3.8, 4) is 0 Å². The zero-order valence-corrected chi connectivity index (χ0v) is 16.1. The van der Waals surface area contributed by atoms with Crippen molar-refractivity contribution in [3.05, 3.63) is 47.1 Å². The molecular weight excluding hydrogens is 379 g/mol. The Kier molecular flexibility index (Phi) is 5.57. The predicted molar refractivity (Wildman–Crippen MR) is 107 cm³/mol. The van der Waals surface area contributed by atoms with Gasteiger partial charge in [-0.3, -0.25) is 9.79 Å². The van der Waals surface area contributed by atoms with E-state index in [1.165, 1.54) is 22.9 Å². The maximum Gasteiger partial charge on any atom is 0.252 e. The molecule has 1 heterocycles. The number of hydrogen-bond donors (Lipinski definition) is 1. The van der Waals surface area contributed by atoms with Gasteiger partial charge in [0.25, 0.3) is 5.91 Å². The molecule has 0 radical (unpaired) electrons. The third-order valence-corrected chi connectivity index (χ3v) is 5.64. The summed E-state index contributed by atoms with van der Waals surface area (Å²) in [4.78, 5) is 16.7. The molecule has 0 spiro atoms. The van der Waals surface area contributed by atoms with E-state index in [1.807, 2.05) is 12.1 Å². The van der Waals surface area contributed by atoms with Gasteiger partial charge in [0.15, 0.2) is 10.4 Å². The Balaban J connectivity index is 1.86. The number of allylic oxidation sites excluding steroid dienone is 3. The fourth-order valence-electron chi connectivity index (χ4n) is 3.21. The molecule has 1 aromatic rings. The smallest absolute Gasteiger partial charge is 0.252 e. The highest BCUT2D eigenvalue weighted by atomic mass is 35.5. The lowest BCUT2D eigenvalue weighted by molar-refractivity contribution is -0.117. The minimum Gasteiger partial charge on any atom is -0.324 e. The summed E-state index contributed by atoms with van der Waals surface area (Å²) in [6, 6.07) is 5.08. The van der Waals surface area contributed by atoms with Crippen LogP contribution >= 0.6 is 34.8 Å². The Bertz CT molecular complexity index is 781. The van der Waals surface area contributed by atoms with Gasteiger partial charge in [-0.15, -0.1) is 11.6 Å². The molecule has 3 nitrogen and oxygen atoms in total. The van der Waals surface area contributed by atoms with Gasteiger partial charge in [0, 0.05) is 17.8 Å². The lowest BCUT2D eigenvalue weighted by Crippen LogP contribution is -2.40. The molecule has 0 fully saturated rings. The molecule has 0 bridgehead atoms. The molecule has 1 unspecified atom stereocenters.